The SMILES string of the molecule is COC(C)(C)CNc1ccncc1Cl. The zero-order valence-electron chi connectivity index (χ0n) is 8.67. The first-order chi connectivity index (χ1) is 6.55. The predicted molar refractivity (Wildman–Crippen MR) is 58.8 cm³/mol. The number of halogens is 1. The van der Waals surface area contributed by atoms with Gasteiger partial charge in [-0.15, -0.1) is 0 Å². The molecule has 1 N–H and O–H groups in total. The first-order valence-corrected chi connectivity index (χ1v) is 4.81. The Morgan fingerprint density at radius 3 is 2.86 bits per heavy atom. The molecule has 0 fully saturated rings. The number of anilines is 1. The second-order valence-corrected chi connectivity index (χ2v) is 4.08. The Hall–Kier alpha value is -0.800. The number of aromatic nitrogens is 1. The molecule has 14 heavy (non-hydrogen) atoms. The van der Waals surface area contributed by atoms with E-state index >= 15 is 0 Å². The van der Waals surface area contributed by atoms with Gasteiger partial charge < -0.3 is 10.1 Å². The quantitative estimate of drug-likeness (QED) is 0.837. The summed E-state index contributed by atoms with van der Waals surface area (Å²) in [5, 5.41) is 3.83. The molecule has 1 heterocycles. The normalized spacial score (nSPS) is 11.4. The Morgan fingerprint density at radius 2 is 2.29 bits per heavy atom. The third-order valence-electron chi connectivity index (χ3n) is 2.03. The van der Waals surface area contributed by atoms with Crippen LogP contribution >= 0.6 is 11.6 Å². The highest BCUT2D eigenvalue weighted by Gasteiger charge is 2.15. The highest BCUT2D eigenvalue weighted by Crippen LogP contribution is 2.20. The Morgan fingerprint density at radius 1 is 1.57 bits per heavy atom. The average molecular weight is 215 g/mol. The molecular weight excluding hydrogens is 200 g/mol. The van der Waals surface area contributed by atoms with E-state index in [9.17, 15) is 0 Å². The molecule has 0 unspecified atom stereocenters. The van der Waals surface area contributed by atoms with Crippen molar-refractivity contribution in [2.24, 2.45) is 0 Å². The van der Waals surface area contributed by atoms with Crippen LogP contribution in [0.4, 0.5) is 5.69 Å². The molecule has 0 aliphatic carbocycles. The van der Waals surface area contributed by atoms with E-state index in [1.165, 1.54) is 0 Å². The summed E-state index contributed by atoms with van der Waals surface area (Å²) in [5.74, 6) is 0. The molecule has 3 nitrogen and oxygen atoms in total. The van der Waals surface area contributed by atoms with Gasteiger partial charge in [-0.05, 0) is 19.9 Å². The van der Waals surface area contributed by atoms with Crippen LogP contribution in [-0.4, -0.2) is 24.2 Å². The fraction of sp³-hybridized carbons (Fsp3) is 0.500. The summed E-state index contributed by atoms with van der Waals surface area (Å²) in [6.07, 6.45) is 3.32. The molecule has 0 atom stereocenters. The van der Waals surface area contributed by atoms with Crippen molar-refractivity contribution in [3.05, 3.63) is 23.5 Å². The van der Waals surface area contributed by atoms with Crippen molar-refractivity contribution in [1.29, 1.82) is 0 Å². The van der Waals surface area contributed by atoms with Gasteiger partial charge >= 0.3 is 0 Å². The summed E-state index contributed by atoms with van der Waals surface area (Å²) in [6.45, 7) is 4.72. The molecular formula is C10H15ClN2O. The van der Waals surface area contributed by atoms with Crippen LogP contribution in [0.5, 0.6) is 0 Å². The molecule has 0 saturated heterocycles. The lowest BCUT2D eigenvalue weighted by Crippen LogP contribution is -2.32. The van der Waals surface area contributed by atoms with Gasteiger partial charge in [0.2, 0.25) is 0 Å². The van der Waals surface area contributed by atoms with Gasteiger partial charge in [-0.1, -0.05) is 11.6 Å². The van der Waals surface area contributed by atoms with Crippen LogP contribution in [0.15, 0.2) is 18.5 Å². The van der Waals surface area contributed by atoms with Gasteiger partial charge in [0.05, 0.1) is 16.3 Å². The van der Waals surface area contributed by atoms with Crippen LogP contribution in [0.1, 0.15) is 13.8 Å². The molecule has 0 aliphatic heterocycles. The van der Waals surface area contributed by atoms with E-state index in [2.05, 4.69) is 10.3 Å². The molecule has 0 aliphatic rings. The molecule has 1 aromatic rings. The van der Waals surface area contributed by atoms with E-state index in [0.29, 0.717) is 11.6 Å². The van der Waals surface area contributed by atoms with E-state index in [1.807, 2.05) is 19.9 Å². The van der Waals surface area contributed by atoms with Gasteiger partial charge in [-0.25, -0.2) is 0 Å². The molecule has 1 rings (SSSR count). The Balaban J connectivity index is 2.58. The van der Waals surface area contributed by atoms with Crippen molar-refractivity contribution in [1.82, 2.24) is 4.98 Å². The van der Waals surface area contributed by atoms with Crippen LogP contribution in [0.3, 0.4) is 0 Å². The number of hydrogen-bond acceptors (Lipinski definition) is 3. The number of hydrogen-bond donors (Lipinski definition) is 1. The third kappa shape index (κ3) is 3.16. The lowest BCUT2D eigenvalue weighted by atomic mass is 10.1. The minimum atomic E-state index is -0.202. The van der Waals surface area contributed by atoms with Gasteiger partial charge in [-0.3, -0.25) is 4.98 Å². The summed E-state index contributed by atoms with van der Waals surface area (Å²) in [4.78, 5) is 3.91. The Labute approximate surface area is 89.4 Å². The summed E-state index contributed by atoms with van der Waals surface area (Å²) in [6, 6.07) is 1.84. The lowest BCUT2D eigenvalue weighted by Gasteiger charge is -2.23. The van der Waals surface area contributed by atoms with E-state index in [0.717, 1.165) is 5.69 Å². The van der Waals surface area contributed by atoms with E-state index in [-0.39, 0.29) is 5.60 Å². The highest BCUT2D eigenvalue weighted by molar-refractivity contribution is 6.33. The summed E-state index contributed by atoms with van der Waals surface area (Å²) in [5.41, 5.74) is 0.680. The zero-order valence-corrected chi connectivity index (χ0v) is 9.43. The van der Waals surface area contributed by atoms with Crippen LogP contribution in [0.25, 0.3) is 0 Å². The van der Waals surface area contributed by atoms with E-state index < -0.39 is 0 Å². The van der Waals surface area contributed by atoms with E-state index in [1.54, 1.807) is 19.5 Å². The maximum atomic E-state index is 5.93. The Kier molecular flexibility index (Phi) is 3.72. The summed E-state index contributed by atoms with van der Waals surface area (Å²) < 4.78 is 5.28. The number of rotatable bonds is 4. The van der Waals surface area contributed by atoms with Gasteiger partial charge in [0.1, 0.15) is 0 Å². The number of nitrogens with one attached hydrogen (secondary N) is 1. The summed E-state index contributed by atoms with van der Waals surface area (Å²) in [7, 11) is 1.69. The molecule has 0 aromatic carbocycles. The van der Waals surface area contributed by atoms with Gasteiger partial charge in [0, 0.05) is 26.0 Å². The number of methoxy groups -OCH3 is 1. The maximum Gasteiger partial charge on any atom is 0.0820 e. The molecule has 0 radical (unpaired) electrons. The smallest absolute Gasteiger partial charge is 0.0820 e. The fourth-order valence-corrected chi connectivity index (χ4v) is 1.08. The molecule has 0 bridgehead atoms. The van der Waals surface area contributed by atoms with Crippen molar-refractivity contribution < 1.29 is 4.74 Å². The van der Waals surface area contributed by atoms with Crippen LogP contribution in [0, 0.1) is 0 Å². The lowest BCUT2D eigenvalue weighted by molar-refractivity contribution is 0.0344. The monoisotopic (exact) mass is 214 g/mol. The van der Waals surface area contributed by atoms with Gasteiger partial charge in [0.25, 0.3) is 0 Å². The minimum Gasteiger partial charge on any atom is -0.381 e. The van der Waals surface area contributed by atoms with Crippen LogP contribution < -0.4 is 5.32 Å². The third-order valence-corrected chi connectivity index (χ3v) is 2.33. The highest BCUT2D eigenvalue weighted by atomic mass is 35.5. The predicted octanol–water partition coefficient (Wildman–Crippen LogP) is 2.57. The first-order valence-electron chi connectivity index (χ1n) is 4.44. The second kappa shape index (κ2) is 4.62. The van der Waals surface area contributed by atoms with Gasteiger partial charge in [0.15, 0.2) is 0 Å². The minimum absolute atomic E-state index is 0.202. The second-order valence-electron chi connectivity index (χ2n) is 3.67. The van der Waals surface area contributed by atoms with Crippen molar-refractivity contribution in [2.75, 3.05) is 19.0 Å². The average Bonchev–Trinajstić information content (AvgIpc) is 2.17. The summed E-state index contributed by atoms with van der Waals surface area (Å²) >= 11 is 5.93. The largest absolute Gasteiger partial charge is 0.381 e. The van der Waals surface area contributed by atoms with Crippen molar-refractivity contribution in [3.63, 3.8) is 0 Å². The maximum absolute atomic E-state index is 5.93. The van der Waals surface area contributed by atoms with Crippen molar-refractivity contribution in [2.45, 2.75) is 19.4 Å². The Bertz CT molecular complexity index is 302. The van der Waals surface area contributed by atoms with E-state index in [4.69, 9.17) is 16.3 Å². The number of nitrogens with zero attached hydrogens (tertiary/aromatic N) is 1. The molecule has 0 spiro atoms. The first kappa shape index (κ1) is 11.3. The number of pyridine rings is 1. The molecule has 1 aromatic heterocycles. The van der Waals surface area contributed by atoms with Crippen LogP contribution in [-0.2, 0) is 4.74 Å². The van der Waals surface area contributed by atoms with Crippen molar-refractivity contribution >= 4 is 17.3 Å². The standard InChI is InChI=1S/C10H15ClN2O/c1-10(2,14-3)7-13-9-4-5-12-6-8(9)11/h4-6H,7H2,1-3H3,(H,12,13). The molecule has 0 amide bonds. The zero-order chi connectivity index (χ0) is 10.6. The van der Waals surface area contributed by atoms with Gasteiger partial charge in [-0.2, -0.15) is 0 Å². The topological polar surface area (TPSA) is 34.1 Å². The molecule has 0 saturated carbocycles. The molecule has 78 valence electrons. The number of ether oxygens (including phenoxy) is 1. The van der Waals surface area contributed by atoms with Crippen LogP contribution in [0.2, 0.25) is 5.02 Å². The molecule has 4 heteroatoms. The fourth-order valence-electron chi connectivity index (χ4n) is 0.899. The van der Waals surface area contributed by atoms with Crippen molar-refractivity contribution in [3.8, 4) is 0 Å².